The summed E-state index contributed by atoms with van der Waals surface area (Å²) >= 11 is 0. The zero-order valence-corrected chi connectivity index (χ0v) is 22.1. The van der Waals surface area contributed by atoms with Gasteiger partial charge in [-0.1, -0.05) is 12.1 Å². The maximum atomic E-state index is 15.3. The number of aliphatic carboxylic acids is 1. The van der Waals surface area contributed by atoms with E-state index in [0.717, 1.165) is 44.6 Å². The fourth-order valence-electron chi connectivity index (χ4n) is 6.01. The molecule has 3 aromatic carbocycles. The van der Waals surface area contributed by atoms with Gasteiger partial charge in [0.1, 0.15) is 23.4 Å². The lowest BCUT2D eigenvalue weighted by Gasteiger charge is -2.19. The van der Waals surface area contributed by atoms with Crippen molar-refractivity contribution < 1.29 is 23.8 Å². The Hall–Kier alpha value is -4.26. The molecular weight excluding hydrogens is 495 g/mol. The first-order valence-corrected chi connectivity index (χ1v) is 13.2. The van der Waals surface area contributed by atoms with Gasteiger partial charge < -0.3 is 14.6 Å². The summed E-state index contributed by atoms with van der Waals surface area (Å²) in [7, 11) is 0. The molecule has 2 atom stereocenters. The highest BCUT2D eigenvalue weighted by atomic mass is 19.1. The summed E-state index contributed by atoms with van der Waals surface area (Å²) < 4.78 is 27.3. The van der Waals surface area contributed by atoms with Crippen molar-refractivity contribution in [2.75, 3.05) is 6.61 Å². The maximum Gasteiger partial charge on any atom is 0.304 e. The standard InChI is InChI=1S/C32H29FN2O4/c1-17-12-20(32-34-11-10-19(3)35-32)13-18(2)30(17)24-6-8-26(33)31-25(24)7-9-27(31)39-22-4-5-23-21(14-29(36)37)16-38-28(23)15-22/h4-6,8,10-13,15,21,27H,7,9,14,16H2,1-3H3,(H,36,37)/t21-,27-/m1/s1. The number of aromatic nitrogens is 2. The van der Waals surface area contributed by atoms with E-state index in [2.05, 4.69) is 35.9 Å². The van der Waals surface area contributed by atoms with E-state index in [0.29, 0.717) is 42.3 Å². The van der Waals surface area contributed by atoms with E-state index in [1.807, 2.05) is 31.2 Å². The summed E-state index contributed by atoms with van der Waals surface area (Å²) in [6, 6.07) is 15.0. The van der Waals surface area contributed by atoms with E-state index in [1.54, 1.807) is 12.3 Å². The molecule has 0 bridgehead atoms. The first-order chi connectivity index (χ1) is 18.8. The molecular formula is C32H29FN2O4. The molecule has 0 radical (unpaired) electrons. The van der Waals surface area contributed by atoms with Crippen LogP contribution in [0.1, 0.15) is 58.4 Å². The number of hydrogen-bond donors (Lipinski definition) is 1. The van der Waals surface area contributed by atoms with Crippen molar-refractivity contribution in [1.82, 2.24) is 9.97 Å². The van der Waals surface area contributed by atoms with Gasteiger partial charge in [-0.05, 0) is 91.8 Å². The van der Waals surface area contributed by atoms with E-state index in [1.165, 1.54) is 6.07 Å². The number of rotatable bonds is 6. The zero-order valence-electron chi connectivity index (χ0n) is 22.1. The topological polar surface area (TPSA) is 81.5 Å². The summed E-state index contributed by atoms with van der Waals surface area (Å²) in [5.74, 6) is 0.620. The SMILES string of the molecule is Cc1ccnc(-c2cc(C)c(-c3ccc(F)c4c3CC[C@H]4Oc3ccc4c(c3)OC[C@H]4CC(=O)O)c(C)c2)n1. The van der Waals surface area contributed by atoms with Gasteiger partial charge in [0.05, 0.1) is 13.0 Å². The summed E-state index contributed by atoms with van der Waals surface area (Å²) in [5, 5.41) is 9.16. The molecule has 1 aliphatic heterocycles. The minimum Gasteiger partial charge on any atom is -0.492 e. The van der Waals surface area contributed by atoms with E-state index in [4.69, 9.17) is 14.6 Å². The molecule has 0 amide bonds. The largest absolute Gasteiger partial charge is 0.492 e. The molecule has 0 fully saturated rings. The van der Waals surface area contributed by atoms with Crippen LogP contribution in [0.25, 0.3) is 22.5 Å². The Balaban J connectivity index is 1.31. The van der Waals surface area contributed by atoms with E-state index >= 15 is 4.39 Å². The second-order valence-electron chi connectivity index (χ2n) is 10.4. The summed E-state index contributed by atoms with van der Waals surface area (Å²) in [5.41, 5.74) is 8.61. The minimum atomic E-state index is -0.853. The Kier molecular flexibility index (Phi) is 6.29. The predicted octanol–water partition coefficient (Wildman–Crippen LogP) is 6.89. The Morgan fingerprint density at radius 2 is 1.90 bits per heavy atom. The Bertz CT molecular complexity index is 1590. The Morgan fingerprint density at radius 1 is 1.10 bits per heavy atom. The van der Waals surface area contributed by atoms with Crippen molar-refractivity contribution in [1.29, 1.82) is 0 Å². The number of ether oxygens (including phenoxy) is 2. The quantitative estimate of drug-likeness (QED) is 0.296. The predicted molar refractivity (Wildman–Crippen MR) is 146 cm³/mol. The van der Waals surface area contributed by atoms with Gasteiger partial charge in [-0.15, -0.1) is 0 Å². The molecule has 1 aliphatic carbocycles. The highest BCUT2D eigenvalue weighted by Gasteiger charge is 2.32. The highest BCUT2D eigenvalue weighted by Crippen LogP contribution is 2.45. The fraction of sp³-hybridized carbons (Fsp3) is 0.281. The van der Waals surface area contributed by atoms with Gasteiger partial charge in [0.15, 0.2) is 5.82 Å². The lowest BCUT2D eigenvalue weighted by molar-refractivity contribution is -0.137. The molecule has 6 rings (SSSR count). The molecule has 2 heterocycles. The summed E-state index contributed by atoms with van der Waals surface area (Å²) in [6.07, 6.45) is 2.74. The van der Waals surface area contributed by atoms with Crippen molar-refractivity contribution in [2.45, 2.75) is 52.1 Å². The lowest BCUT2D eigenvalue weighted by atomic mass is 9.89. The third kappa shape index (κ3) is 4.62. The van der Waals surface area contributed by atoms with Gasteiger partial charge in [-0.2, -0.15) is 0 Å². The van der Waals surface area contributed by atoms with Crippen LogP contribution in [0.2, 0.25) is 0 Å². The first-order valence-electron chi connectivity index (χ1n) is 13.2. The van der Waals surface area contributed by atoms with Crippen LogP contribution in [0.15, 0.2) is 54.7 Å². The van der Waals surface area contributed by atoms with Crippen molar-refractivity contribution >= 4 is 5.97 Å². The van der Waals surface area contributed by atoms with Crippen LogP contribution in [0.4, 0.5) is 4.39 Å². The fourth-order valence-corrected chi connectivity index (χ4v) is 6.01. The molecule has 2 aliphatic rings. The first kappa shape index (κ1) is 25.0. The number of benzene rings is 3. The number of aryl methyl sites for hydroxylation is 3. The molecule has 6 nitrogen and oxygen atoms in total. The van der Waals surface area contributed by atoms with Crippen LogP contribution in [-0.4, -0.2) is 27.7 Å². The number of halogens is 1. The number of carboxylic acid groups (broad SMARTS) is 1. The molecule has 7 heteroatoms. The molecule has 0 saturated heterocycles. The average molecular weight is 525 g/mol. The molecule has 0 saturated carbocycles. The van der Waals surface area contributed by atoms with Gasteiger partial charge in [-0.3, -0.25) is 4.79 Å². The second-order valence-corrected chi connectivity index (χ2v) is 10.4. The van der Waals surface area contributed by atoms with Gasteiger partial charge in [0, 0.05) is 40.6 Å². The van der Waals surface area contributed by atoms with Crippen LogP contribution < -0.4 is 9.47 Å². The van der Waals surface area contributed by atoms with Crippen LogP contribution in [-0.2, 0) is 11.2 Å². The molecule has 198 valence electrons. The summed E-state index contributed by atoms with van der Waals surface area (Å²) in [4.78, 5) is 20.2. The van der Waals surface area contributed by atoms with E-state index < -0.39 is 12.1 Å². The van der Waals surface area contributed by atoms with Crippen LogP contribution >= 0.6 is 0 Å². The highest BCUT2D eigenvalue weighted by molar-refractivity contribution is 5.78. The zero-order chi connectivity index (χ0) is 27.3. The molecule has 39 heavy (non-hydrogen) atoms. The monoisotopic (exact) mass is 524 g/mol. The van der Waals surface area contributed by atoms with Crippen LogP contribution in [0.5, 0.6) is 11.5 Å². The number of fused-ring (bicyclic) bond motifs is 2. The van der Waals surface area contributed by atoms with Gasteiger partial charge in [0.25, 0.3) is 0 Å². The molecule has 1 N–H and O–H groups in total. The van der Waals surface area contributed by atoms with E-state index in [-0.39, 0.29) is 18.2 Å². The third-order valence-corrected chi connectivity index (χ3v) is 7.70. The van der Waals surface area contributed by atoms with Crippen molar-refractivity contribution in [3.63, 3.8) is 0 Å². The third-order valence-electron chi connectivity index (χ3n) is 7.70. The summed E-state index contributed by atoms with van der Waals surface area (Å²) in [6.45, 7) is 6.43. The van der Waals surface area contributed by atoms with Gasteiger partial charge in [0.2, 0.25) is 0 Å². The molecule has 4 aromatic rings. The smallest absolute Gasteiger partial charge is 0.304 e. The number of nitrogens with zero attached hydrogens (tertiary/aromatic N) is 2. The number of carbonyl (C=O) groups is 1. The van der Waals surface area contributed by atoms with Crippen molar-refractivity contribution in [3.05, 3.63) is 94.1 Å². The van der Waals surface area contributed by atoms with Gasteiger partial charge >= 0.3 is 5.97 Å². The molecule has 1 aromatic heterocycles. The van der Waals surface area contributed by atoms with Crippen molar-refractivity contribution in [2.24, 2.45) is 0 Å². The van der Waals surface area contributed by atoms with E-state index in [9.17, 15) is 4.79 Å². The maximum absolute atomic E-state index is 15.3. The Labute approximate surface area is 226 Å². The normalized spacial score (nSPS) is 17.4. The average Bonchev–Trinajstić information content (AvgIpc) is 3.49. The minimum absolute atomic E-state index is 0.0228. The van der Waals surface area contributed by atoms with Gasteiger partial charge in [-0.25, -0.2) is 14.4 Å². The van der Waals surface area contributed by atoms with Crippen LogP contribution in [0, 0.1) is 26.6 Å². The second kappa shape index (κ2) is 9.80. The number of hydrogen-bond acceptors (Lipinski definition) is 5. The molecule has 0 spiro atoms. The van der Waals surface area contributed by atoms with Crippen LogP contribution in [0.3, 0.4) is 0 Å². The number of carboxylic acids is 1. The van der Waals surface area contributed by atoms with Crippen molar-refractivity contribution in [3.8, 4) is 34.0 Å². The molecule has 0 unspecified atom stereocenters. The lowest BCUT2D eigenvalue weighted by Crippen LogP contribution is -2.07. The Morgan fingerprint density at radius 3 is 2.64 bits per heavy atom.